The highest BCUT2D eigenvalue weighted by atomic mass is 32.1. The van der Waals surface area contributed by atoms with Crippen LogP contribution in [0.25, 0.3) is 0 Å². The standard InChI is InChI=1S/C28H26F3N7O3S/c29-28(30,31)41-22-6-3-4-18(14-22)15-24(39)35-27-37-36-26(42-27)19-9-12-38(13-10-19)21-7-8-23(33-17-21)34-25(40)16-20-5-1-2-11-32-20/h1-8,11,14,17,19H,9-10,12-13,15-16H2,(H,33,34,40)(H,35,37,39). The number of nitrogens with zero attached hydrogens (tertiary/aromatic N) is 5. The predicted molar refractivity (Wildman–Crippen MR) is 150 cm³/mol. The summed E-state index contributed by atoms with van der Waals surface area (Å²) in [5, 5.41) is 14.9. The summed E-state index contributed by atoms with van der Waals surface area (Å²) in [6.07, 6.45) is 0.275. The maximum absolute atomic E-state index is 12.5. The molecular weight excluding hydrogens is 571 g/mol. The summed E-state index contributed by atoms with van der Waals surface area (Å²) in [5.41, 5.74) is 2.01. The number of amides is 2. The number of pyridine rings is 2. The zero-order valence-electron chi connectivity index (χ0n) is 22.2. The topological polar surface area (TPSA) is 122 Å². The fraction of sp³-hybridized carbons (Fsp3) is 0.286. The Morgan fingerprint density at radius 2 is 1.76 bits per heavy atom. The van der Waals surface area contributed by atoms with Crippen LogP contribution in [0.2, 0.25) is 0 Å². The van der Waals surface area contributed by atoms with Crippen LogP contribution in [0.3, 0.4) is 0 Å². The first kappa shape index (κ1) is 28.9. The Kier molecular flexibility index (Phi) is 8.91. The molecule has 1 saturated heterocycles. The Morgan fingerprint density at radius 1 is 0.952 bits per heavy atom. The second-order valence-corrected chi connectivity index (χ2v) is 10.6. The number of ether oxygens (including phenoxy) is 1. The first-order valence-corrected chi connectivity index (χ1v) is 13.9. The van der Waals surface area contributed by atoms with Gasteiger partial charge in [-0.1, -0.05) is 29.5 Å². The van der Waals surface area contributed by atoms with Crippen molar-refractivity contribution in [3.8, 4) is 5.75 Å². The van der Waals surface area contributed by atoms with E-state index in [1.807, 2.05) is 12.1 Å². The Morgan fingerprint density at radius 3 is 2.48 bits per heavy atom. The van der Waals surface area contributed by atoms with Gasteiger partial charge in [0.15, 0.2) is 0 Å². The van der Waals surface area contributed by atoms with Crippen LogP contribution in [-0.4, -0.2) is 51.4 Å². The van der Waals surface area contributed by atoms with Crippen LogP contribution in [0, 0.1) is 0 Å². The van der Waals surface area contributed by atoms with Crippen LogP contribution in [0.5, 0.6) is 5.75 Å². The highest BCUT2D eigenvalue weighted by Gasteiger charge is 2.31. The zero-order chi connectivity index (χ0) is 29.5. The lowest BCUT2D eigenvalue weighted by Gasteiger charge is -2.32. The van der Waals surface area contributed by atoms with Gasteiger partial charge in [-0.3, -0.25) is 14.6 Å². The number of nitrogens with one attached hydrogen (secondary N) is 2. The van der Waals surface area contributed by atoms with Crippen LogP contribution < -0.4 is 20.3 Å². The number of alkyl halides is 3. The second kappa shape index (κ2) is 12.9. The first-order chi connectivity index (χ1) is 20.2. The van der Waals surface area contributed by atoms with E-state index in [4.69, 9.17) is 0 Å². The highest BCUT2D eigenvalue weighted by molar-refractivity contribution is 7.15. The number of benzene rings is 1. The summed E-state index contributed by atoms with van der Waals surface area (Å²) in [4.78, 5) is 35.5. The van der Waals surface area contributed by atoms with Crippen LogP contribution in [-0.2, 0) is 22.4 Å². The highest BCUT2D eigenvalue weighted by Crippen LogP contribution is 2.33. The van der Waals surface area contributed by atoms with Crippen molar-refractivity contribution in [3.05, 3.63) is 83.3 Å². The van der Waals surface area contributed by atoms with Crippen molar-refractivity contribution >= 4 is 39.8 Å². The smallest absolute Gasteiger partial charge is 0.406 e. The minimum Gasteiger partial charge on any atom is -0.406 e. The molecule has 3 aromatic heterocycles. The van der Waals surface area contributed by atoms with Gasteiger partial charge in [-0.05, 0) is 54.8 Å². The lowest BCUT2D eigenvalue weighted by molar-refractivity contribution is -0.274. The molecular formula is C28H26F3N7O3S. The third-order valence-corrected chi connectivity index (χ3v) is 7.48. The molecule has 4 heterocycles. The summed E-state index contributed by atoms with van der Waals surface area (Å²) in [7, 11) is 0. The van der Waals surface area contributed by atoms with E-state index in [1.54, 1.807) is 36.7 Å². The molecule has 1 aromatic carbocycles. The van der Waals surface area contributed by atoms with Crippen LogP contribution in [0.15, 0.2) is 67.0 Å². The molecule has 42 heavy (non-hydrogen) atoms. The van der Waals surface area contributed by atoms with Gasteiger partial charge in [-0.15, -0.1) is 23.4 Å². The monoisotopic (exact) mass is 597 g/mol. The quantitative estimate of drug-likeness (QED) is 0.277. The van der Waals surface area contributed by atoms with Crippen molar-refractivity contribution in [1.82, 2.24) is 20.2 Å². The molecule has 5 rings (SSSR count). The second-order valence-electron chi connectivity index (χ2n) is 9.57. The number of rotatable bonds is 9. The Balaban J connectivity index is 1.08. The SMILES string of the molecule is O=C(Cc1ccccn1)Nc1ccc(N2CCC(c3nnc(NC(=O)Cc4cccc(OC(F)(F)F)c4)s3)CC2)cn1. The van der Waals surface area contributed by atoms with Crippen molar-refractivity contribution in [2.45, 2.75) is 38.0 Å². The molecule has 2 N–H and O–H groups in total. The number of halogens is 3. The van der Waals surface area contributed by atoms with Gasteiger partial charge < -0.3 is 20.3 Å². The molecule has 10 nitrogen and oxygen atoms in total. The fourth-order valence-corrected chi connectivity index (χ4v) is 5.47. The average Bonchev–Trinajstić information content (AvgIpc) is 3.41. The number of carbonyl (C=O) groups is 2. The minimum absolute atomic E-state index is 0.136. The van der Waals surface area contributed by atoms with Gasteiger partial charge in [0.1, 0.15) is 16.6 Å². The van der Waals surface area contributed by atoms with Gasteiger partial charge in [0.2, 0.25) is 16.9 Å². The summed E-state index contributed by atoms with van der Waals surface area (Å²) < 4.78 is 41.3. The normalized spacial score (nSPS) is 13.9. The minimum atomic E-state index is -4.80. The average molecular weight is 598 g/mol. The molecule has 4 aromatic rings. The van der Waals surface area contributed by atoms with E-state index in [1.165, 1.54) is 29.5 Å². The van der Waals surface area contributed by atoms with Crippen molar-refractivity contribution in [1.29, 1.82) is 0 Å². The first-order valence-electron chi connectivity index (χ1n) is 13.1. The molecule has 1 aliphatic rings. The fourth-order valence-electron chi connectivity index (χ4n) is 4.54. The third kappa shape index (κ3) is 8.22. The predicted octanol–water partition coefficient (Wildman–Crippen LogP) is 4.97. The van der Waals surface area contributed by atoms with Crippen LogP contribution in [0.4, 0.5) is 29.8 Å². The van der Waals surface area contributed by atoms with E-state index < -0.39 is 12.3 Å². The molecule has 2 amide bonds. The molecule has 1 aliphatic heterocycles. The number of aromatic nitrogens is 4. The van der Waals surface area contributed by atoms with Gasteiger partial charge in [0.25, 0.3) is 0 Å². The molecule has 1 fully saturated rings. The molecule has 0 saturated carbocycles. The number of hydrogen-bond acceptors (Lipinski definition) is 9. The Hall–Kier alpha value is -4.59. The zero-order valence-corrected chi connectivity index (χ0v) is 23.0. The van der Waals surface area contributed by atoms with E-state index in [0.717, 1.165) is 36.6 Å². The van der Waals surface area contributed by atoms with E-state index >= 15 is 0 Å². The molecule has 0 unspecified atom stereocenters. The third-order valence-electron chi connectivity index (χ3n) is 6.48. The van der Waals surface area contributed by atoms with Gasteiger partial charge in [-0.2, -0.15) is 0 Å². The Labute approximate surface area is 243 Å². The van der Waals surface area contributed by atoms with E-state index in [-0.39, 0.29) is 30.4 Å². The lowest BCUT2D eigenvalue weighted by Crippen LogP contribution is -2.32. The molecule has 0 atom stereocenters. The molecule has 0 aliphatic carbocycles. The molecule has 0 spiro atoms. The van der Waals surface area contributed by atoms with Crippen LogP contribution >= 0.6 is 11.3 Å². The van der Waals surface area contributed by atoms with Crippen molar-refractivity contribution in [3.63, 3.8) is 0 Å². The van der Waals surface area contributed by atoms with E-state index in [2.05, 4.69) is 40.4 Å². The van der Waals surface area contributed by atoms with Gasteiger partial charge in [0, 0.05) is 30.9 Å². The number of anilines is 3. The maximum Gasteiger partial charge on any atom is 0.573 e. The lowest BCUT2D eigenvalue weighted by atomic mass is 9.97. The van der Waals surface area contributed by atoms with E-state index in [0.29, 0.717) is 22.2 Å². The maximum atomic E-state index is 12.5. The number of hydrogen-bond donors (Lipinski definition) is 2. The van der Waals surface area contributed by atoms with Gasteiger partial charge >= 0.3 is 6.36 Å². The van der Waals surface area contributed by atoms with Crippen molar-refractivity contribution in [2.24, 2.45) is 0 Å². The van der Waals surface area contributed by atoms with Gasteiger partial charge in [-0.25, -0.2) is 4.98 Å². The van der Waals surface area contributed by atoms with Crippen LogP contribution in [0.1, 0.15) is 35.0 Å². The summed E-state index contributed by atoms with van der Waals surface area (Å²) in [6.45, 7) is 1.55. The summed E-state index contributed by atoms with van der Waals surface area (Å²) >= 11 is 1.29. The van der Waals surface area contributed by atoms with Gasteiger partial charge in [0.05, 0.1) is 24.7 Å². The summed E-state index contributed by atoms with van der Waals surface area (Å²) in [5.74, 6) is -0.334. The Bertz CT molecular complexity index is 1510. The van der Waals surface area contributed by atoms with E-state index in [9.17, 15) is 22.8 Å². The molecule has 0 radical (unpaired) electrons. The number of piperidine rings is 1. The number of carbonyl (C=O) groups excluding carboxylic acids is 2. The molecule has 0 bridgehead atoms. The van der Waals surface area contributed by atoms with Crippen molar-refractivity contribution < 1.29 is 27.5 Å². The largest absolute Gasteiger partial charge is 0.573 e. The van der Waals surface area contributed by atoms with Crippen molar-refractivity contribution in [2.75, 3.05) is 28.6 Å². The summed E-state index contributed by atoms with van der Waals surface area (Å²) in [6, 6.07) is 14.4. The molecule has 218 valence electrons. The molecule has 14 heteroatoms.